The van der Waals surface area contributed by atoms with Crippen molar-refractivity contribution < 1.29 is 39.3 Å². The van der Waals surface area contributed by atoms with Crippen LogP contribution in [-0.4, -0.2) is 44.2 Å². The summed E-state index contributed by atoms with van der Waals surface area (Å²) in [6.07, 6.45) is -6.82. The van der Waals surface area contributed by atoms with Crippen LogP contribution in [0, 0.1) is 0 Å². The topological polar surface area (TPSA) is 110 Å². The predicted octanol–water partition coefficient (Wildman–Crippen LogP) is 7.71. The van der Waals surface area contributed by atoms with E-state index < -0.39 is 44.6 Å². The Hall–Kier alpha value is -3.57. The minimum atomic E-state index is -5.38. The molecule has 3 aromatic rings. The maximum absolute atomic E-state index is 13.3. The lowest BCUT2D eigenvalue weighted by atomic mass is 10.1. The van der Waals surface area contributed by atoms with E-state index in [4.69, 9.17) is 23.2 Å². The number of hydrogen-bond donors (Lipinski definition) is 0. The first-order valence-corrected chi connectivity index (χ1v) is 15.9. The lowest BCUT2D eigenvalue weighted by Gasteiger charge is -2.23. The van der Waals surface area contributed by atoms with Crippen LogP contribution in [0.3, 0.4) is 0 Å². The second-order valence-corrected chi connectivity index (χ2v) is 13.4. The summed E-state index contributed by atoms with van der Waals surface area (Å²) in [6, 6.07) is 15.9. The quantitative estimate of drug-likeness (QED) is 0.0917. The van der Waals surface area contributed by atoms with Gasteiger partial charge in [-0.15, -0.1) is 0 Å². The van der Waals surface area contributed by atoms with E-state index in [0.29, 0.717) is 16.1 Å². The first-order valence-electron chi connectivity index (χ1n) is 12.8. The zero-order valence-electron chi connectivity index (χ0n) is 22.7. The number of hydrogen-bond acceptors (Lipinski definition) is 7. The minimum absolute atomic E-state index is 0.0417. The highest BCUT2D eigenvalue weighted by molar-refractivity contribution is 8.00. The van der Waals surface area contributed by atoms with Gasteiger partial charge in [-0.25, -0.2) is 17.8 Å². The van der Waals surface area contributed by atoms with Crippen molar-refractivity contribution in [2.75, 3.05) is 0 Å². The van der Waals surface area contributed by atoms with E-state index in [1.807, 2.05) is 0 Å². The Morgan fingerprint density at radius 1 is 0.891 bits per heavy atom. The number of rotatable bonds is 8. The summed E-state index contributed by atoms with van der Waals surface area (Å²) < 4.78 is 115. The maximum Gasteiger partial charge on any atom is 0.446 e. The van der Waals surface area contributed by atoms with Gasteiger partial charge < -0.3 is 4.55 Å². The van der Waals surface area contributed by atoms with Crippen molar-refractivity contribution in [2.45, 2.75) is 34.8 Å². The predicted molar refractivity (Wildman–Crippen MR) is 158 cm³/mol. The van der Waals surface area contributed by atoms with Gasteiger partial charge in [-0.2, -0.15) is 36.5 Å². The Morgan fingerprint density at radius 2 is 1.54 bits per heavy atom. The van der Waals surface area contributed by atoms with Gasteiger partial charge in [-0.1, -0.05) is 47.5 Å². The fraction of sp³-hybridized carbons (Fsp3) is 0.179. The molecular weight excluding hydrogens is 705 g/mol. The number of nitrogens with zero attached hydrogens (tertiary/aromatic N) is 4. The second kappa shape index (κ2) is 12.6. The van der Waals surface area contributed by atoms with Crippen molar-refractivity contribution in [3.05, 3.63) is 104 Å². The molecule has 1 unspecified atom stereocenters. The van der Waals surface area contributed by atoms with E-state index >= 15 is 0 Å². The van der Waals surface area contributed by atoms with E-state index in [9.17, 15) is 44.1 Å². The summed E-state index contributed by atoms with van der Waals surface area (Å²) in [6.45, 7) is -0.109. The molecule has 0 aliphatic carbocycles. The minimum Gasteiger partial charge on any atom is -0.747 e. The Kier molecular flexibility index (Phi) is 9.22. The molecule has 2 aliphatic rings. The number of fused-ring (bicyclic) bond motifs is 1. The number of halogens is 8. The third-order valence-corrected chi connectivity index (χ3v) is 9.00. The number of alkyl halides is 6. The van der Waals surface area contributed by atoms with Crippen LogP contribution in [0.2, 0.25) is 10.0 Å². The number of benzene rings is 3. The van der Waals surface area contributed by atoms with Gasteiger partial charge in [0.1, 0.15) is 15.8 Å². The highest BCUT2D eigenvalue weighted by atomic mass is 35.5. The molecular formula is C28H17Cl2F6N4O4S2-. The standard InChI is InChI=1S/C28H18Cl2F6N4O4S2/c29-17-5-10-20(21(30)11-17)23-12-22-25(26(41)39(37-22)14-15-1-8-19(9-2-15)45-28(34,35)36)38-40(23)18-6-3-16(4-7-18)24(46(42,43)44)13-27(31,32)33/h1-12,24H,13-14H2,(H,42,43,44)/p-1. The molecule has 0 aromatic heterocycles. The molecule has 0 amide bonds. The van der Waals surface area contributed by atoms with Gasteiger partial charge in [0.2, 0.25) is 0 Å². The smallest absolute Gasteiger partial charge is 0.446 e. The summed E-state index contributed by atoms with van der Waals surface area (Å²) in [5.41, 5.74) is -4.30. The van der Waals surface area contributed by atoms with Crippen molar-refractivity contribution in [3.63, 3.8) is 0 Å². The van der Waals surface area contributed by atoms with Gasteiger partial charge >= 0.3 is 11.7 Å². The fourth-order valence-corrected chi connectivity index (χ4v) is 6.51. The van der Waals surface area contributed by atoms with Gasteiger partial charge in [-0.3, -0.25) is 4.79 Å². The monoisotopic (exact) mass is 721 g/mol. The number of thioether (sulfide) groups is 1. The van der Waals surface area contributed by atoms with Gasteiger partial charge in [0, 0.05) is 15.5 Å². The SMILES string of the molecule is O=c1c2nn(-c3ccc(C(CC(F)(F)F)S(=O)(=O)[O-])cc3)c(-c3ccc(Cl)cc3Cl)cc-2nn1Cc1ccc(SC(F)(F)F)cc1. The van der Waals surface area contributed by atoms with Crippen molar-refractivity contribution in [2.24, 2.45) is 0 Å². The van der Waals surface area contributed by atoms with Crippen molar-refractivity contribution in [3.8, 4) is 28.3 Å². The Labute approximate surface area is 270 Å². The molecule has 18 heteroatoms. The van der Waals surface area contributed by atoms with Crippen LogP contribution >= 0.6 is 35.0 Å². The Balaban J connectivity index is 1.59. The van der Waals surface area contributed by atoms with E-state index in [-0.39, 0.29) is 51.0 Å². The third kappa shape index (κ3) is 7.86. The molecule has 2 aliphatic heterocycles. The second-order valence-electron chi connectivity index (χ2n) is 9.85. The number of aromatic nitrogens is 4. The zero-order valence-corrected chi connectivity index (χ0v) is 25.8. The molecule has 8 nitrogen and oxygen atoms in total. The normalized spacial score (nSPS) is 13.3. The van der Waals surface area contributed by atoms with Crippen LogP contribution in [0.4, 0.5) is 26.3 Å². The third-order valence-electron chi connectivity index (χ3n) is 6.58. The summed E-state index contributed by atoms with van der Waals surface area (Å²) in [5, 5.41) is 6.83. The molecule has 0 radical (unpaired) electrons. The van der Waals surface area contributed by atoms with E-state index in [0.717, 1.165) is 16.8 Å². The largest absolute Gasteiger partial charge is 0.747 e. The fourth-order valence-electron chi connectivity index (χ4n) is 4.58. The van der Waals surface area contributed by atoms with Gasteiger partial charge in [0.15, 0.2) is 5.69 Å². The van der Waals surface area contributed by atoms with Crippen LogP contribution in [-0.2, 0) is 16.7 Å². The highest BCUT2D eigenvalue weighted by Gasteiger charge is 2.36. The van der Waals surface area contributed by atoms with Gasteiger partial charge in [0.25, 0.3) is 5.56 Å². The van der Waals surface area contributed by atoms with Crippen LogP contribution in [0.1, 0.15) is 22.8 Å². The molecule has 46 heavy (non-hydrogen) atoms. The molecule has 242 valence electrons. The summed E-state index contributed by atoms with van der Waals surface area (Å²) in [5.74, 6) is 0. The molecule has 0 bridgehead atoms. The first kappa shape index (κ1) is 33.8. The van der Waals surface area contributed by atoms with Crippen LogP contribution in [0.25, 0.3) is 28.3 Å². The molecule has 3 aromatic carbocycles. The molecule has 5 rings (SSSR count). The molecule has 0 saturated carbocycles. The lowest BCUT2D eigenvalue weighted by molar-refractivity contribution is -0.135. The molecule has 2 heterocycles. The van der Waals surface area contributed by atoms with Crippen molar-refractivity contribution >= 4 is 45.1 Å². The van der Waals surface area contributed by atoms with Crippen LogP contribution in [0.5, 0.6) is 0 Å². The average molecular weight is 722 g/mol. The maximum atomic E-state index is 13.3. The van der Waals surface area contributed by atoms with Crippen molar-refractivity contribution in [1.82, 2.24) is 19.6 Å². The lowest BCUT2D eigenvalue weighted by Crippen LogP contribution is -2.21. The molecule has 0 N–H and O–H groups in total. The van der Waals surface area contributed by atoms with Gasteiger partial charge in [-0.05, 0) is 71.4 Å². The van der Waals surface area contributed by atoms with E-state index in [2.05, 4.69) is 10.2 Å². The van der Waals surface area contributed by atoms with E-state index in [1.165, 1.54) is 59.3 Å². The average Bonchev–Trinajstić information content (AvgIpc) is 3.24. The Bertz CT molecular complexity index is 2030. The van der Waals surface area contributed by atoms with Crippen LogP contribution in [0.15, 0.2) is 82.5 Å². The molecule has 0 spiro atoms. The van der Waals surface area contributed by atoms with Gasteiger partial charge in [0.05, 0.1) is 34.6 Å². The molecule has 1 atom stereocenters. The molecule has 0 saturated heterocycles. The zero-order chi connectivity index (χ0) is 33.6. The van der Waals surface area contributed by atoms with E-state index in [1.54, 1.807) is 6.07 Å². The van der Waals surface area contributed by atoms with Crippen LogP contribution < -0.4 is 5.56 Å². The highest BCUT2D eigenvalue weighted by Crippen LogP contribution is 2.38. The Morgan fingerprint density at radius 3 is 2.11 bits per heavy atom. The van der Waals surface area contributed by atoms with Crippen molar-refractivity contribution in [1.29, 1.82) is 0 Å². The summed E-state index contributed by atoms with van der Waals surface area (Å²) >= 11 is 12.2. The first-order chi connectivity index (χ1) is 21.4. The molecule has 0 fully saturated rings. The summed E-state index contributed by atoms with van der Waals surface area (Å²) in [4.78, 5) is 13.3. The summed E-state index contributed by atoms with van der Waals surface area (Å²) in [7, 11) is -5.38.